The highest BCUT2D eigenvalue weighted by Crippen LogP contribution is 2.29. The Bertz CT molecular complexity index is 1180. The first-order chi connectivity index (χ1) is 15.5. The van der Waals surface area contributed by atoms with Gasteiger partial charge in [0.25, 0.3) is 5.91 Å². The van der Waals surface area contributed by atoms with Gasteiger partial charge in [0, 0.05) is 29.3 Å². The molecule has 0 unspecified atom stereocenters. The summed E-state index contributed by atoms with van der Waals surface area (Å²) < 4.78 is 5.29. The zero-order valence-corrected chi connectivity index (χ0v) is 19.1. The van der Waals surface area contributed by atoms with Gasteiger partial charge in [-0.05, 0) is 98.7 Å². The number of urea groups is 1. The second-order valence-corrected chi connectivity index (χ2v) is 9.64. The number of hydrogen-bond acceptors (Lipinski definition) is 5. The molecule has 3 N–H and O–H groups in total. The first-order valence-electron chi connectivity index (χ1n) is 11.0. The molecule has 32 heavy (non-hydrogen) atoms. The van der Waals surface area contributed by atoms with E-state index in [-0.39, 0.29) is 18.0 Å². The van der Waals surface area contributed by atoms with Gasteiger partial charge in [-0.25, -0.2) is 4.79 Å². The van der Waals surface area contributed by atoms with E-state index in [1.807, 2.05) is 50.2 Å². The third kappa shape index (κ3) is 4.20. The van der Waals surface area contributed by atoms with Crippen molar-refractivity contribution in [3.63, 3.8) is 0 Å². The van der Waals surface area contributed by atoms with Crippen molar-refractivity contribution in [2.45, 2.75) is 32.7 Å². The second kappa shape index (κ2) is 8.52. The maximum absolute atomic E-state index is 12.9. The van der Waals surface area contributed by atoms with E-state index in [4.69, 9.17) is 0 Å². The lowest BCUT2D eigenvalue weighted by molar-refractivity contribution is 0.0619. The molecule has 4 heterocycles. The van der Waals surface area contributed by atoms with Gasteiger partial charge in [0.05, 0.1) is 4.70 Å². The lowest BCUT2D eigenvalue weighted by atomic mass is 9.84. The fourth-order valence-corrected chi connectivity index (χ4v) is 5.47. The molecule has 0 saturated carbocycles. The topological polar surface area (TPSA) is 86.4 Å². The van der Waals surface area contributed by atoms with Gasteiger partial charge < -0.3 is 20.9 Å². The molecule has 6 rings (SSSR count). The van der Waals surface area contributed by atoms with Crippen LogP contribution in [0.25, 0.3) is 10.1 Å². The monoisotopic (exact) mass is 449 g/mol. The molecular weight excluding hydrogens is 422 g/mol. The number of carbonyl (C=O) groups is 2. The van der Waals surface area contributed by atoms with Crippen molar-refractivity contribution in [3.05, 3.63) is 53.2 Å². The number of benzene rings is 2. The van der Waals surface area contributed by atoms with Crippen molar-refractivity contribution in [2.24, 2.45) is 5.92 Å². The smallest absolute Gasteiger partial charge is 0.323 e. The van der Waals surface area contributed by atoms with Crippen LogP contribution < -0.4 is 16.0 Å². The molecule has 0 radical (unpaired) electrons. The molecule has 3 aromatic rings. The Balaban J connectivity index is 1.25. The van der Waals surface area contributed by atoms with Gasteiger partial charge in [0.1, 0.15) is 5.69 Å². The van der Waals surface area contributed by atoms with Crippen molar-refractivity contribution in [1.82, 2.24) is 14.6 Å². The molecule has 3 saturated heterocycles. The Morgan fingerprint density at radius 2 is 1.72 bits per heavy atom. The third-order valence-electron chi connectivity index (χ3n) is 6.68. The van der Waals surface area contributed by atoms with Crippen molar-refractivity contribution in [1.29, 1.82) is 0 Å². The molecule has 1 atom stereocenters. The van der Waals surface area contributed by atoms with E-state index in [1.165, 1.54) is 17.1 Å². The van der Waals surface area contributed by atoms with Crippen LogP contribution >= 0.6 is 11.5 Å². The molecule has 166 valence electrons. The maximum Gasteiger partial charge on any atom is 0.323 e. The van der Waals surface area contributed by atoms with Crippen LogP contribution in [0.2, 0.25) is 0 Å². The van der Waals surface area contributed by atoms with Crippen molar-refractivity contribution >= 4 is 44.9 Å². The summed E-state index contributed by atoms with van der Waals surface area (Å²) in [6.45, 7) is 7.27. The van der Waals surface area contributed by atoms with Gasteiger partial charge in [-0.15, -0.1) is 0 Å². The molecule has 2 bridgehead atoms. The van der Waals surface area contributed by atoms with Gasteiger partial charge in [-0.3, -0.25) is 4.79 Å². The predicted molar refractivity (Wildman–Crippen MR) is 129 cm³/mol. The fraction of sp³-hybridized carbons (Fsp3) is 0.375. The standard InChI is InChI=1S/C24H27N5O2S/c1-14-3-4-17(11-15(14)2)25-24(31)26-18-5-6-19-21(12-18)32-28-22(19)23(30)27-20-13-29-9-7-16(20)8-10-29/h3-6,11-12,16,20H,7-10,13H2,1-2H3,(H,27,30)(H2,25,26,31)/t20-/m0/s1. The minimum absolute atomic E-state index is 0.108. The summed E-state index contributed by atoms with van der Waals surface area (Å²) in [7, 11) is 0. The Morgan fingerprint density at radius 3 is 2.41 bits per heavy atom. The lowest BCUT2D eigenvalue weighted by Crippen LogP contribution is -2.57. The van der Waals surface area contributed by atoms with Crippen molar-refractivity contribution in [2.75, 3.05) is 30.3 Å². The largest absolute Gasteiger partial charge is 0.346 e. The average molecular weight is 450 g/mol. The van der Waals surface area contributed by atoms with E-state index in [1.54, 1.807) is 0 Å². The van der Waals surface area contributed by atoms with E-state index in [2.05, 4.69) is 25.2 Å². The zero-order valence-electron chi connectivity index (χ0n) is 18.3. The number of anilines is 2. The summed E-state index contributed by atoms with van der Waals surface area (Å²) in [5, 5.41) is 9.75. The highest BCUT2D eigenvalue weighted by Gasteiger charge is 2.35. The molecule has 7 nitrogen and oxygen atoms in total. The van der Waals surface area contributed by atoms with E-state index in [0.717, 1.165) is 53.8 Å². The Morgan fingerprint density at radius 1 is 1.00 bits per heavy atom. The maximum atomic E-state index is 12.9. The predicted octanol–water partition coefficient (Wildman–Crippen LogP) is 4.38. The van der Waals surface area contributed by atoms with E-state index < -0.39 is 0 Å². The van der Waals surface area contributed by atoms with Crippen LogP contribution in [0.5, 0.6) is 0 Å². The van der Waals surface area contributed by atoms with Gasteiger partial charge in [0.15, 0.2) is 0 Å². The summed E-state index contributed by atoms with van der Waals surface area (Å²) in [6.07, 6.45) is 2.31. The number of aromatic nitrogens is 1. The fourth-order valence-electron chi connectivity index (χ4n) is 4.66. The second-order valence-electron chi connectivity index (χ2n) is 8.84. The summed E-state index contributed by atoms with van der Waals surface area (Å²) >= 11 is 1.28. The molecule has 3 amide bonds. The number of piperidine rings is 3. The van der Waals surface area contributed by atoms with Crippen LogP contribution in [0.15, 0.2) is 36.4 Å². The first kappa shape index (κ1) is 20.9. The molecule has 3 aliphatic rings. The SMILES string of the molecule is Cc1ccc(NC(=O)Nc2ccc3c(C(=O)N[C@H]4CN5CCC4CC5)nsc3c2)cc1C. The van der Waals surface area contributed by atoms with E-state index >= 15 is 0 Å². The minimum atomic E-state index is -0.308. The third-order valence-corrected chi connectivity index (χ3v) is 7.49. The van der Waals surface area contributed by atoms with Crippen LogP contribution in [0.1, 0.15) is 34.5 Å². The van der Waals surface area contributed by atoms with Gasteiger partial charge in [-0.2, -0.15) is 4.37 Å². The highest BCUT2D eigenvalue weighted by molar-refractivity contribution is 7.13. The molecular formula is C24H27N5O2S. The van der Waals surface area contributed by atoms with Crippen LogP contribution in [0.3, 0.4) is 0 Å². The van der Waals surface area contributed by atoms with E-state index in [9.17, 15) is 9.59 Å². The van der Waals surface area contributed by atoms with Gasteiger partial charge in [0.2, 0.25) is 0 Å². The number of nitrogens with one attached hydrogen (secondary N) is 3. The molecule has 0 aliphatic carbocycles. The summed E-state index contributed by atoms with van der Waals surface area (Å²) in [5.74, 6) is 0.462. The quantitative estimate of drug-likeness (QED) is 0.552. The number of amides is 3. The van der Waals surface area contributed by atoms with Crippen LogP contribution in [-0.4, -0.2) is 46.9 Å². The van der Waals surface area contributed by atoms with Crippen LogP contribution in [-0.2, 0) is 0 Å². The number of rotatable bonds is 4. The molecule has 3 aliphatic heterocycles. The summed E-state index contributed by atoms with van der Waals surface area (Å²) in [5.41, 5.74) is 4.17. The number of fused-ring (bicyclic) bond motifs is 4. The van der Waals surface area contributed by atoms with Crippen molar-refractivity contribution < 1.29 is 9.59 Å². The Kier molecular flexibility index (Phi) is 5.57. The number of nitrogens with zero attached hydrogens (tertiary/aromatic N) is 2. The average Bonchev–Trinajstić information content (AvgIpc) is 3.20. The number of carbonyl (C=O) groups excluding carboxylic acids is 2. The zero-order chi connectivity index (χ0) is 22.2. The molecule has 0 spiro atoms. The molecule has 3 fully saturated rings. The first-order valence-corrected chi connectivity index (χ1v) is 11.8. The summed E-state index contributed by atoms with van der Waals surface area (Å²) in [6, 6.07) is 11.2. The lowest BCUT2D eigenvalue weighted by Gasteiger charge is -2.44. The van der Waals surface area contributed by atoms with Gasteiger partial charge in [-0.1, -0.05) is 6.07 Å². The minimum Gasteiger partial charge on any atom is -0.346 e. The summed E-state index contributed by atoms with van der Waals surface area (Å²) in [4.78, 5) is 27.7. The van der Waals surface area contributed by atoms with Crippen molar-refractivity contribution in [3.8, 4) is 0 Å². The Labute approximate surface area is 191 Å². The molecule has 1 aromatic heterocycles. The van der Waals surface area contributed by atoms with Gasteiger partial charge >= 0.3 is 6.03 Å². The number of hydrogen-bond donors (Lipinski definition) is 3. The Hall–Kier alpha value is -2.97. The number of aryl methyl sites for hydroxylation is 2. The van der Waals surface area contributed by atoms with Crippen LogP contribution in [0, 0.1) is 19.8 Å². The van der Waals surface area contributed by atoms with E-state index in [0.29, 0.717) is 17.3 Å². The molecule has 2 aromatic carbocycles. The normalized spacial score (nSPS) is 22.0. The molecule has 8 heteroatoms. The van der Waals surface area contributed by atoms with Crippen LogP contribution in [0.4, 0.5) is 16.2 Å². The highest BCUT2D eigenvalue weighted by atomic mass is 32.1.